The number of nitrogens with zero attached hydrogens (tertiary/aromatic N) is 4. The van der Waals surface area contributed by atoms with Gasteiger partial charge in [-0.1, -0.05) is 17.4 Å². The molecule has 0 amide bonds. The first-order chi connectivity index (χ1) is 9.54. The quantitative estimate of drug-likeness (QED) is 0.803. The highest BCUT2D eigenvalue weighted by molar-refractivity contribution is 7.22. The third-order valence-electron chi connectivity index (χ3n) is 3.24. The van der Waals surface area contributed by atoms with E-state index in [0.29, 0.717) is 0 Å². The van der Waals surface area contributed by atoms with Crippen molar-refractivity contribution in [3.8, 4) is 0 Å². The van der Waals surface area contributed by atoms with Crippen LogP contribution < -0.4 is 5.32 Å². The number of pyridine rings is 1. The normalized spacial score (nSPS) is 12.8. The van der Waals surface area contributed by atoms with Crippen LogP contribution in [0.15, 0.2) is 18.2 Å². The van der Waals surface area contributed by atoms with Crippen LogP contribution in [0.4, 0.5) is 5.13 Å². The molecule has 20 heavy (non-hydrogen) atoms. The first-order valence-electron chi connectivity index (χ1n) is 6.55. The van der Waals surface area contributed by atoms with Gasteiger partial charge in [-0.2, -0.15) is 5.10 Å². The summed E-state index contributed by atoms with van der Waals surface area (Å²) < 4.78 is 2.96. The fraction of sp³-hybridized carbons (Fsp3) is 0.357. The predicted molar refractivity (Wildman–Crippen MR) is 82.1 cm³/mol. The molecule has 3 aromatic heterocycles. The summed E-state index contributed by atoms with van der Waals surface area (Å²) in [6, 6.07) is 6.19. The van der Waals surface area contributed by atoms with Gasteiger partial charge < -0.3 is 5.32 Å². The summed E-state index contributed by atoms with van der Waals surface area (Å²) in [6.45, 7) is 6.11. The summed E-state index contributed by atoms with van der Waals surface area (Å²) in [5, 5.41) is 8.69. The zero-order valence-corrected chi connectivity index (χ0v) is 12.8. The van der Waals surface area contributed by atoms with Gasteiger partial charge in [-0.15, -0.1) is 0 Å². The minimum Gasteiger partial charge on any atom is -0.353 e. The maximum Gasteiger partial charge on any atom is 0.185 e. The Kier molecular flexibility index (Phi) is 3.17. The lowest BCUT2D eigenvalue weighted by Crippen LogP contribution is -2.08. The molecule has 0 bridgehead atoms. The van der Waals surface area contributed by atoms with Gasteiger partial charge in [0.2, 0.25) is 0 Å². The zero-order valence-electron chi connectivity index (χ0n) is 12.0. The van der Waals surface area contributed by atoms with Gasteiger partial charge in [0, 0.05) is 12.7 Å². The molecule has 6 heteroatoms. The number of hydrogen-bond donors (Lipinski definition) is 1. The predicted octanol–water partition coefficient (Wildman–Crippen LogP) is 3.21. The number of aryl methyl sites for hydroxylation is 3. The second-order valence-corrected chi connectivity index (χ2v) is 5.95. The van der Waals surface area contributed by atoms with Gasteiger partial charge in [0.05, 0.1) is 22.1 Å². The Morgan fingerprint density at radius 2 is 2.05 bits per heavy atom. The van der Waals surface area contributed by atoms with E-state index in [9.17, 15) is 0 Å². The van der Waals surface area contributed by atoms with E-state index in [1.54, 1.807) is 11.3 Å². The molecule has 104 valence electrons. The first-order valence-corrected chi connectivity index (χ1v) is 7.36. The van der Waals surface area contributed by atoms with Gasteiger partial charge in [0.1, 0.15) is 0 Å². The molecular formula is C14H17N5S. The molecule has 0 aromatic carbocycles. The molecule has 0 aliphatic carbocycles. The number of hydrogen-bond acceptors (Lipinski definition) is 5. The molecule has 3 rings (SSSR count). The van der Waals surface area contributed by atoms with Crippen LogP contribution in [-0.4, -0.2) is 19.7 Å². The molecule has 3 aromatic rings. The first kappa shape index (κ1) is 13.1. The summed E-state index contributed by atoms with van der Waals surface area (Å²) >= 11 is 1.64. The molecule has 0 aliphatic heterocycles. The van der Waals surface area contributed by atoms with Gasteiger partial charge in [0.25, 0.3) is 0 Å². The highest BCUT2D eigenvalue weighted by atomic mass is 32.1. The Hall–Kier alpha value is -1.95. The SMILES string of the molecule is Cc1cccc(C(C)Nc2nc3c(s2)c(C)nn3C)n1. The van der Waals surface area contributed by atoms with Crippen LogP contribution in [0.5, 0.6) is 0 Å². The molecule has 0 aliphatic rings. The van der Waals surface area contributed by atoms with Crippen LogP contribution in [0.1, 0.15) is 30.0 Å². The topological polar surface area (TPSA) is 55.6 Å². The maximum absolute atomic E-state index is 4.60. The average molecular weight is 287 g/mol. The van der Waals surface area contributed by atoms with Crippen molar-refractivity contribution < 1.29 is 0 Å². The molecular weight excluding hydrogens is 270 g/mol. The van der Waals surface area contributed by atoms with E-state index in [-0.39, 0.29) is 6.04 Å². The van der Waals surface area contributed by atoms with E-state index in [1.165, 1.54) is 0 Å². The van der Waals surface area contributed by atoms with E-state index in [0.717, 1.165) is 32.6 Å². The van der Waals surface area contributed by atoms with Gasteiger partial charge in [0.15, 0.2) is 10.8 Å². The van der Waals surface area contributed by atoms with Gasteiger partial charge >= 0.3 is 0 Å². The fourth-order valence-electron chi connectivity index (χ4n) is 2.21. The summed E-state index contributed by atoms with van der Waals surface area (Å²) in [6.07, 6.45) is 0. The monoisotopic (exact) mass is 287 g/mol. The lowest BCUT2D eigenvalue weighted by molar-refractivity contribution is 0.772. The minimum atomic E-state index is 0.128. The molecule has 0 fully saturated rings. The number of rotatable bonds is 3. The molecule has 0 saturated carbocycles. The van der Waals surface area contributed by atoms with Crippen molar-refractivity contribution in [2.24, 2.45) is 7.05 Å². The molecule has 3 heterocycles. The van der Waals surface area contributed by atoms with E-state index in [1.807, 2.05) is 43.8 Å². The number of fused-ring (bicyclic) bond motifs is 1. The summed E-state index contributed by atoms with van der Waals surface area (Å²) in [5.74, 6) is 0. The second-order valence-electron chi connectivity index (χ2n) is 4.95. The van der Waals surface area contributed by atoms with E-state index in [4.69, 9.17) is 0 Å². The van der Waals surface area contributed by atoms with E-state index in [2.05, 4.69) is 27.3 Å². The van der Waals surface area contributed by atoms with Crippen molar-refractivity contribution in [2.45, 2.75) is 26.8 Å². The lowest BCUT2D eigenvalue weighted by atomic mass is 10.2. The summed E-state index contributed by atoms with van der Waals surface area (Å²) in [7, 11) is 1.92. The Morgan fingerprint density at radius 1 is 1.25 bits per heavy atom. The number of anilines is 1. The average Bonchev–Trinajstić information content (AvgIpc) is 2.92. The molecule has 0 radical (unpaired) electrons. The third-order valence-corrected chi connectivity index (χ3v) is 4.32. The largest absolute Gasteiger partial charge is 0.353 e. The number of thiazole rings is 1. The van der Waals surface area contributed by atoms with Crippen molar-refractivity contribution in [1.82, 2.24) is 19.7 Å². The Balaban J connectivity index is 1.87. The van der Waals surface area contributed by atoms with Crippen molar-refractivity contribution in [1.29, 1.82) is 0 Å². The zero-order chi connectivity index (χ0) is 14.3. The highest BCUT2D eigenvalue weighted by Gasteiger charge is 2.14. The van der Waals surface area contributed by atoms with Crippen molar-refractivity contribution in [3.05, 3.63) is 35.3 Å². The van der Waals surface area contributed by atoms with Crippen molar-refractivity contribution >= 4 is 26.8 Å². The minimum absolute atomic E-state index is 0.128. The summed E-state index contributed by atoms with van der Waals surface area (Å²) in [5.41, 5.74) is 4.01. The Bertz CT molecular complexity index is 724. The third kappa shape index (κ3) is 2.27. The van der Waals surface area contributed by atoms with Crippen LogP contribution in [0, 0.1) is 13.8 Å². The van der Waals surface area contributed by atoms with Crippen LogP contribution in [0.3, 0.4) is 0 Å². The van der Waals surface area contributed by atoms with Gasteiger partial charge in [-0.25, -0.2) is 9.67 Å². The fourth-order valence-corrected chi connectivity index (χ4v) is 3.23. The van der Waals surface area contributed by atoms with Crippen LogP contribution in [0.25, 0.3) is 10.3 Å². The van der Waals surface area contributed by atoms with Crippen LogP contribution >= 0.6 is 11.3 Å². The summed E-state index contributed by atoms with van der Waals surface area (Å²) in [4.78, 5) is 9.14. The Morgan fingerprint density at radius 3 is 2.75 bits per heavy atom. The van der Waals surface area contributed by atoms with Crippen LogP contribution in [-0.2, 0) is 7.05 Å². The molecule has 0 spiro atoms. The van der Waals surface area contributed by atoms with Gasteiger partial charge in [-0.05, 0) is 32.9 Å². The molecule has 1 N–H and O–H groups in total. The molecule has 1 unspecified atom stereocenters. The second kappa shape index (κ2) is 4.86. The number of nitrogens with one attached hydrogen (secondary N) is 1. The Labute approximate surface area is 121 Å². The maximum atomic E-state index is 4.60. The van der Waals surface area contributed by atoms with Crippen molar-refractivity contribution in [2.75, 3.05) is 5.32 Å². The van der Waals surface area contributed by atoms with Crippen LogP contribution in [0.2, 0.25) is 0 Å². The standard InChI is InChI=1S/C14H17N5S/c1-8-6-5-7-11(15-8)9(2)16-14-17-13-12(20-14)10(3)18-19(13)4/h5-7,9H,1-4H3,(H,16,17). The van der Waals surface area contributed by atoms with Gasteiger partial charge in [-0.3, -0.25) is 4.98 Å². The van der Waals surface area contributed by atoms with Crippen molar-refractivity contribution in [3.63, 3.8) is 0 Å². The molecule has 5 nitrogen and oxygen atoms in total. The number of aromatic nitrogens is 4. The lowest BCUT2D eigenvalue weighted by Gasteiger charge is -2.12. The van der Waals surface area contributed by atoms with E-state index < -0.39 is 0 Å². The van der Waals surface area contributed by atoms with E-state index >= 15 is 0 Å². The molecule has 1 atom stereocenters. The smallest absolute Gasteiger partial charge is 0.185 e. The molecule has 0 saturated heterocycles. The highest BCUT2D eigenvalue weighted by Crippen LogP contribution is 2.30.